The van der Waals surface area contributed by atoms with Gasteiger partial charge in [-0.1, -0.05) is 12.1 Å². The number of imide groups is 1. The molecule has 0 bridgehead atoms. The Labute approximate surface area is 162 Å². The molecule has 0 aliphatic carbocycles. The van der Waals surface area contributed by atoms with E-state index in [1.165, 1.54) is 0 Å². The molecule has 0 radical (unpaired) electrons. The molecular formula is C19H24N6O3. The maximum atomic E-state index is 12.5. The molecule has 3 amide bonds. The zero-order chi connectivity index (χ0) is 19.7. The molecule has 1 aromatic carbocycles. The number of anilines is 1. The van der Waals surface area contributed by atoms with E-state index in [4.69, 9.17) is 0 Å². The molecule has 0 spiro atoms. The van der Waals surface area contributed by atoms with E-state index >= 15 is 0 Å². The molecule has 3 heterocycles. The minimum absolute atomic E-state index is 0.0712. The molecule has 28 heavy (non-hydrogen) atoms. The number of nitrogens with zero attached hydrogens (tertiary/aromatic N) is 3. The highest BCUT2D eigenvalue weighted by Gasteiger charge is 2.32. The number of amides is 3. The summed E-state index contributed by atoms with van der Waals surface area (Å²) < 4.78 is 1.69. The van der Waals surface area contributed by atoms with Crippen molar-refractivity contribution in [3.63, 3.8) is 0 Å². The molecule has 1 aromatic heterocycles. The van der Waals surface area contributed by atoms with Crippen LogP contribution in [0, 0.1) is 0 Å². The molecule has 148 valence electrons. The fourth-order valence-electron chi connectivity index (χ4n) is 3.94. The quantitative estimate of drug-likeness (QED) is 0.637. The van der Waals surface area contributed by atoms with Crippen molar-refractivity contribution in [1.29, 1.82) is 0 Å². The maximum absolute atomic E-state index is 12.5. The van der Waals surface area contributed by atoms with Gasteiger partial charge < -0.3 is 10.6 Å². The lowest BCUT2D eigenvalue weighted by molar-refractivity contribution is -0.134. The molecule has 4 rings (SSSR count). The van der Waals surface area contributed by atoms with Crippen molar-refractivity contribution in [3.05, 3.63) is 23.9 Å². The monoisotopic (exact) mass is 384 g/mol. The number of para-hydroxylation sites is 1. The first-order valence-corrected chi connectivity index (χ1v) is 9.55. The smallest absolute Gasteiger partial charge is 0.238 e. The van der Waals surface area contributed by atoms with Crippen LogP contribution in [-0.2, 0) is 21.4 Å². The molecule has 2 aliphatic heterocycles. The van der Waals surface area contributed by atoms with Crippen molar-refractivity contribution < 1.29 is 14.4 Å². The van der Waals surface area contributed by atoms with Crippen molar-refractivity contribution in [2.75, 3.05) is 38.0 Å². The van der Waals surface area contributed by atoms with E-state index in [1.54, 1.807) is 11.7 Å². The maximum Gasteiger partial charge on any atom is 0.238 e. The van der Waals surface area contributed by atoms with Crippen molar-refractivity contribution in [2.45, 2.75) is 18.8 Å². The molecule has 0 saturated carbocycles. The highest BCUT2D eigenvalue weighted by molar-refractivity contribution is 6.05. The summed E-state index contributed by atoms with van der Waals surface area (Å²) in [7, 11) is 1.80. The lowest BCUT2D eigenvalue weighted by atomic mass is 9.92. The largest absolute Gasteiger partial charge is 0.323 e. The summed E-state index contributed by atoms with van der Waals surface area (Å²) in [6.45, 7) is 3.82. The Morgan fingerprint density at radius 2 is 2.07 bits per heavy atom. The van der Waals surface area contributed by atoms with Gasteiger partial charge in [0, 0.05) is 45.0 Å². The third-order valence-electron chi connectivity index (χ3n) is 5.31. The zero-order valence-electron chi connectivity index (χ0n) is 15.8. The first-order valence-electron chi connectivity index (χ1n) is 9.55. The number of piperidine rings is 1. The van der Waals surface area contributed by atoms with Crippen LogP contribution in [0.15, 0.2) is 18.2 Å². The Bertz CT molecular complexity index is 931. The van der Waals surface area contributed by atoms with Crippen LogP contribution >= 0.6 is 0 Å². The van der Waals surface area contributed by atoms with Gasteiger partial charge >= 0.3 is 0 Å². The van der Waals surface area contributed by atoms with E-state index in [0.29, 0.717) is 30.8 Å². The average molecular weight is 384 g/mol. The molecule has 3 N–H and O–H groups in total. The minimum Gasteiger partial charge on any atom is -0.323 e. The van der Waals surface area contributed by atoms with Gasteiger partial charge in [0.25, 0.3) is 0 Å². The van der Waals surface area contributed by atoms with Crippen molar-refractivity contribution >= 4 is 34.3 Å². The van der Waals surface area contributed by atoms with E-state index in [-0.39, 0.29) is 17.7 Å². The van der Waals surface area contributed by atoms with Crippen LogP contribution in [-0.4, -0.2) is 65.1 Å². The number of carbonyl (C=O) groups is 3. The van der Waals surface area contributed by atoms with E-state index < -0.39 is 5.92 Å². The second-order valence-corrected chi connectivity index (χ2v) is 7.29. The van der Waals surface area contributed by atoms with Gasteiger partial charge in [0.1, 0.15) is 0 Å². The van der Waals surface area contributed by atoms with Crippen LogP contribution in [0.25, 0.3) is 10.9 Å². The Hall–Kier alpha value is -2.78. The molecule has 2 aliphatic rings. The molecule has 1 atom stereocenters. The molecule has 9 heteroatoms. The average Bonchev–Trinajstić information content (AvgIpc) is 3.00. The molecule has 1 unspecified atom stereocenters. The summed E-state index contributed by atoms with van der Waals surface area (Å²) in [6.07, 6.45) is 0.742. The number of aryl methyl sites for hydroxylation is 1. The van der Waals surface area contributed by atoms with Crippen LogP contribution in [0.1, 0.15) is 24.5 Å². The number of hydrogen-bond donors (Lipinski definition) is 3. The zero-order valence-corrected chi connectivity index (χ0v) is 15.8. The summed E-state index contributed by atoms with van der Waals surface area (Å²) in [5, 5.41) is 14.0. The van der Waals surface area contributed by atoms with Crippen LogP contribution in [0.2, 0.25) is 0 Å². The fourth-order valence-corrected chi connectivity index (χ4v) is 3.94. The third-order valence-corrected chi connectivity index (χ3v) is 5.31. The highest BCUT2D eigenvalue weighted by Crippen LogP contribution is 2.33. The van der Waals surface area contributed by atoms with Gasteiger partial charge in [-0.25, -0.2) is 0 Å². The van der Waals surface area contributed by atoms with Crippen LogP contribution in [0.4, 0.5) is 5.69 Å². The van der Waals surface area contributed by atoms with Gasteiger partial charge in [-0.3, -0.25) is 29.3 Å². The Morgan fingerprint density at radius 3 is 2.82 bits per heavy atom. The van der Waals surface area contributed by atoms with Crippen molar-refractivity contribution in [1.82, 2.24) is 25.3 Å². The van der Waals surface area contributed by atoms with Gasteiger partial charge in [0.15, 0.2) is 0 Å². The van der Waals surface area contributed by atoms with E-state index in [9.17, 15) is 14.4 Å². The standard InChI is InChI=1S/C19H24N6O3/c1-24-18-12(17(23-24)13-5-6-15(26)22-19(13)28)3-2-4-14(18)21-16(27)11-25-9-7-20-8-10-25/h2-4,13,20H,5-11H2,1H3,(H,21,27)(H,22,26,28). The predicted octanol–water partition coefficient (Wildman–Crippen LogP) is -0.0628. The second-order valence-electron chi connectivity index (χ2n) is 7.29. The topological polar surface area (TPSA) is 108 Å². The van der Waals surface area contributed by atoms with Gasteiger partial charge in [-0.05, 0) is 12.5 Å². The molecular weight excluding hydrogens is 360 g/mol. The summed E-state index contributed by atoms with van der Waals surface area (Å²) in [5.41, 5.74) is 2.09. The number of aromatic nitrogens is 2. The van der Waals surface area contributed by atoms with Gasteiger partial charge in [0.2, 0.25) is 17.7 Å². The Kier molecular flexibility index (Phi) is 5.10. The number of carbonyl (C=O) groups excluding carboxylic acids is 3. The highest BCUT2D eigenvalue weighted by atomic mass is 16.2. The summed E-state index contributed by atoms with van der Waals surface area (Å²) in [4.78, 5) is 38.4. The van der Waals surface area contributed by atoms with Crippen LogP contribution in [0.5, 0.6) is 0 Å². The van der Waals surface area contributed by atoms with Crippen molar-refractivity contribution in [2.24, 2.45) is 7.05 Å². The molecule has 2 saturated heterocycles. The van der Waals surface area contributed by atoms with Gasteiger partial charge in [0.05, 0.1) is 29.4 Å². The SMILES string of the molecule is Cn1nc(C2CCC(=O)NC2=O)c2cccc(NC(=O)CN3CCNCC3)c21. The number of piperazine rings is 1. The summed E-state index contributed by atoms with van der Waals surface area (Å²) in [6, 6.07) is 5.58. The summed E-state index contributed by atoms with van der Waals surface area (Å²) in [5.74, 6) is -1.10. The normalized spacial score (nSPS) is 21.0. The van der Waals surface area contributed by atoms with Crippen LogP contribution in [0.3, 0.4) is 0 Å². The predicted molar refractivity (Wildman–Crippen MR) is 104 cm³/mol. The lowest BCUT2D eigenvalue weighted by Gasteiger charge is -2.26. The first-order chi connectivity index (χ1) is 13.5. The van der Waals surface area contributed by atoms with Crippen molar-refractivity contribution in [3.8, 4) is 0 Å². The second kappa shape index (κ2) is 7.69. The molecule has 9 nitrogen and oxygen atoms in total. The van der Waals surface area contributed by atoms with Gasteiger partial charge in [-0.2, -0.15) is 5.10 Å². The molecule has 2 fully saturated rings. The number of fused-ring (bicyclic) bond motifs is 1. The third kappa shape index (κ3) is 3.63. The van der Waals surface area contributed by atoms with Crippen LogP contribution < -0.4 is 16.0 Å². The minimum atomic E-state index is -0.465. The van der Waals surface area contributed by atoms with Gasteiger partial charge in [-0.15, -0.1) is 0 Å². The number of benzene rings is 1. The van der Waals surface area contributed by atoms with E-state index in [0.717, 1.165) is 37.1 Å². The molecule has 2 aromatic rings. The Morgan fingerprint density at radius 1 is 1.29 bits per heavy atom. The Balaban J connectivity index is 1.58. The van der Waals surface area contributed by atoms with E-state index in [2.05, 4.69) is 25.9 Å². The van der Waals surface area contributed by atoms with E-state index in [1.807, 2.05) is 18.2 Å². The number of hydrogen-bond acceptors (Lipinski definition) is 6. The number of rotatable bonds is 4. The fraction of sp³-hybridized carbons (Fsp3) is 0.474. The summed E-state index contributed by atoms with van der Waals surface area (Å²) >= 11 is 0. The number of nitrogens with one attached hydrogen (secondary N) is 3. The first kappa shape index (κ1) is 18.6. The lowest BCUT2D eigenvalue weighted by Crippen LogP contribution is -2.46.